The Morgan fingerprint density at radius 2 is 2.13 bits per heavy atom. The van der Waals surface area contributed by atoms with Gasteiger partial charge in [0.2, 0.25) is 0 Å². The first kappa shape index (κ1) is 15.6. The molecule has 5 heteroatoms. The lowest BCUT2D eigenvalue weighted by Crippen LogP contribution is -2.32. The van der Waals surface area contributed by atoms with E-state index in [1.807, 2.05) is 44.2 Å². The van der Waals surface area contributed by atoms with E-state index in [0.717, 1.165) is 16.9 Å². The van der Waals surface area contributed by atoms with Gasteiger partial charge in [-0.25, -0.2) is 0 Å². The molecule has 0 spiro atoms. The lowest BCUT2D eigenvalue weighted by molar-refractivity contribution is 0.0681. The van der Waals surface area contributed by atoms with Gasteiger partial charge < -0.3 is 19.2 Å². The summed E-state index contributed by atoms with van der Waals surface area (Å²) in [6.07, 6.45) is -0.0241. The molecule has 5 nitrogen and oxygen atoms in total. The Kier molecular flexibility index (Phi) is 4.13. The number of furan rings is 1. The number of β-amino-alcohol motifs (C(OH)–C–C–N with tert-alkyl or cyclic N) is 1. The number of amides is 1. The first-order valence-corrected chi connectivity index (χ1v) is 7.69. The highest BCUT2D eigenvalue weighted by atomic mass is 16.5. The number of hydrogen-bond acceptors (Lipinski definition) is 4. The predicted molar refractivity (Wildman–Crippen MR) is 85.6 cm³/mol. The molecule has 0 saturated carbocycles. The van der Waals surface area contributed by atoms with Crippen molar-refractivity contribution in [2.24, 2.45) is 0 Å². The maximum Gasteiger partial charge on any atom is 0.290 e. The largest absolute Gasteiger partial charge is 0.497 e. The lowest BCUT2D eigenvalue weighted by Gasteiger charge is -2.24. The maximum atomic E-state index is 12.9. The second kappa shape index (κ2) is 6.08. The fourth-order valence-electron chi connectivity index (χ4n) is 3.19. The minimum Gasteiger partial charge on any atom is -0.497 e. The minimum atomic E-state index is -0.536. The average molecular weight is 315 g/mol. The molecule has 0 radical (unpaired) electrons. The number of carbonyl (C=O) groups excluding carboxylic acids is 1. The summed E-state index contributed by atoms with van der Waals surface area (Å²) < 4.78 is 10.8. The molecule has 1 aromatic carbocycles. The van der Waals surface area contributed by atoms with Crippen molar-refractivity contribution >= 4 is 5.91 Å². The van der Waals surface area contributed by atoms with E-state index in [-0.39, 0.29) is 11.9 Å². The van der Waals surface area contributed by atoms with Crippen LogP contribution in [0.4, 0.5) is 0 Å². The number of benzene rings is 1. The molecular formula is C18H21NO4. The van der Waals surface area contributed by atoms with Crippen molar-refractivity contribution in [1.82, 2.24) is 4.90 Å². The van der Waals surface area contributed by atoms with Crippen molar-refractivity contribution < 1.29 is 19.1 Å². The van der Waals surface area contributed by atoms with Gasteiger partial charge in [-0.15, -0.1) is 0 Å². The summed E-state index contributed by atoms with van der Waals surface area (Å²) >= 11 is 0. The molecule has 1 aliphatic heterocycles. The standard InChI is InChI=1S/C18H21NO4/c1-11-7-12(2)23-17(11)18(21)19-10-14(20)9-16(19)13-5-4-6-15(8-13)22-3/h4-8,14,16,20H,9-10H2,1-3H3/t14-,16-/m0/s1. The zero-order chi connectivity index (χ0) is 16.6. The van der Waals surface area contributed by atoms with Crippen LogP contribution in [0, 0.1) is 13.8 Å². The number of aliphatic hydroxyl groups is 1. The summed E-state index contributed by atoms with van der Waals surface area (Å²) in [4.78, 5) is 14.5. The Morgan fingerprint density at radius 3 is 2.78 bits per heavy atom. The number of hydrogen-bond donors (Lipinski definition) is 1. The van der Waals surface area contributed by atoms with Gasteiger partial charge in [0.15, 0.2) is 5.76 Å². The molecule has 23 heavy (non-hydrogen) atoms. The van der Waals surface area contributed by atoms with Crippen LogP contribution in [0.5, 0.6) is 5.75 Å². The topological polar surface area (TPSA) is 62.9 Å². The zero-order valence-corrected chi connectivity index (χ0v) is 13.6. The highest BCUT2D eigenvalue weighted by Crippen LogP contribution is 2.35. The van der Waals surface area contributed by atoms with E-state index in [1.165, 1.54) is 0 Å². The maximum absolute atomic E-state index is 12.9. The monoisotopic (exact) mass is 315 g/mol. The second-order valence-corrected chi connectivity index (χ2v) is 6.01. The number of methoxy groups -OCH3 is 1. The van der Waals surface area contributed by atoms with Gasteiger partial charge in [0, 0.05) is 12.1 Å². The van der Waals surface area contributed by atoms with E-state index in [2.05, 4.69) is 0 Å². The van der Waals surface area contributed by atoms with Crippen molar-refractivity contribution in [3.05, 3.63) is 53.0 Å². The van der Waals surface area contributed by atoms with Crippen LogP contribution < -0.4 is 4.74 Å². The molecule has 2 aromatic rings. The molecular weight excluding hydrogens is 294 g/mol. The average Bonchev–Trinajstić information content (AvgIpc) is 3.09. The van der Waals surface area contributed by atoms with Gasteiger partial charge in [0.05, 0.1) is 19.3 Å². The number of ether oxygens (including phenoxy) is 1. The molecule has 1 amide bonds. The lowest BCUT2D eigenvalue weighted by atomic mass is 10.0. The number of nitrogens with zero attached hydrogens (tertiary/aromatic N) is 1. The van der Waals surface area contributed by atoms with Crippen LogP contribution in [-0.2, 0) is 0 Å². The molecule has 2 atom stereocenters. The Balaban J connectivity index is 1.93. The van der Waals surface area contributed by atoms with E-state index in [0.29, 0.717) is 24.5 Å². The summed E-state index contributed by atoms with van der Waals surface area (Å²) in [5, 5.41) is 10.1. The van der Waals surface area contributed by atoms with Crippen molar-refractivity contribution in [1.29, 1.82) is 0 Å². The molecule has 2 heterocycles. The van der Waals surface area contributed by atoms with Crippen LogP contribution in [0.25, 0.3) is 0 Å². The Hall–Kier alpha value is -2.27. The normalized spacial score (nSPS) is 20.8. The molecule has 0 aliphatic carbocycles. The first-order chi connectivity index (χ1) is 11.0. The van der Waals surface area contributed by atoms with E-state index in [1.54, 1.807) is 12.0 Å². The van der Waals surface area contributed by atoms with Gasteiger partial charge in [-0.1, -0.05) is 12.1 Å². The van der Waals surface area contributed by atoms with Gasteiger partial charge in [-0.3, -0.25) is 4.79 Å². The van der Waals surface area contributed by atoms with Crippen LogP contribution >= 0.6 is 0 Å². The van der Waals surface area contributed by atoms with Crippen LogP contribution in [0.3, 0.4) is 0 Å². The predicted octanol–water partition coefficient (Wildman–Crippen LogP) is 2.85. The Bertz CT molecular complexity index is 722. The van der Waals surface area contributed by atoms with Gasteiger partial charge >= 0.3 is 0 Å². The van der Waals surface area contributed by atoms with Gasteiger partial charge in [-0.05, 0) is 44.0 Å². The Morgan fingerprint density at radius 1 is 1.35 bits per heavy atom. The number of aliphatic hydroxyl groups excluding tert-OH is 1. The van der Waals surface area contributed by atoms with Crippen molar-refractivity contribution in [3.63, 3.8) is 0 Å². The highest BCUT2D eigenvalue weighted by molar-refractivity contribution is 5.93. The van der Waals surface area contributed by atoms with Crippen molar-refractivity contribution in [2.75, 3.05) is 13.7 Å². The van der Waals surface area contributed by atoms with E-state index in [9.17, 15) is 9.90 Å². The smallest absolute Gasteiger partial charge is 0.290 e. The molecule has 1 aliphatic rings. The number of aryl methyl sites for hydroxylation is 2. The van der Waals surface area contributed by atoms with Gasteiger partial charge in [0.1, 0.15) is 11.5 Å². The van der Waals surface area contributed by atoms with Crippen LogP contribution in [0.2, 0.25) is 0 Å². The molecule has 3 rings (SSSR count). The highest BCUT2D eigenvalue weighted by Gasteiger charge is 2.37. The quantitative estimate of drug-likeness (QED) is 0.946. The number of carbonyl (C=O) groups is 1. The van der Waals surface area contributed by atoms with Crippen LogP contribution in [0.1, 0.15) is 39.9 Å². The van der Waals surface area contributed by atoms with E-state index in [4.69, 9.17) is 9.15 Å². The summed E-state index contributed by atoms with van der Waals surface area (Å²) in [5.41, 5.74) is 1.77. The molecule has 122 valence electrons. The summed E-state index contributed by atoms with van der Waals surface area (Å²) in [5.74, 6) is 1.62. The minimum absolute atomic E-state index is 0.181. The third kappa shape index (κ3) is 2.97. The molecule has 1 saturated heterocycles. The SMILES string of the molecule is COc1cccc([C@@H]2C[C@H](O)CN2C(=O)c2oc(C)cc2C)c1. The molecule has 1 aromatic heterocycles. The molecule has 0 bridgehead atoms. The van der Waals surface area contributed by atoms with Crippen LogP contribution in [-0.4, -0.2) is 35.7 Å². The van der Waals surface area contributed by atoms with E-state index < -0.39 is 6.10 Å². The molecule has 1 fully saturated rings. The third-order valence-electron chi connectivity index (χ3n) is 4.25. The van der Waals surface area contributed by atoms with Gasteiger partial charge in [-0.2, -0.15) is 0 Å². The van der Waals surface area contributed by atoms with Crippen molar-refractivity contribution in [3.8, 4) is 5.75 Å². The fourth-order valence-corrected chi connectivity index (χ4v) is 3.19. The number of likely N-dealkylation sites (tertiary alicyclic amines) is 1. The van der Waals surface area contributed by atoms with E-state index >= 15 is 0 Å². The summed E-state index contributed by atoms with van der Waals surface area (Å²) in [6, 6.07) is 9.28. The van der Waals surface area contributed by atoms with Crippen molar-refractivity contribution in [2.45, 2.75) is 32.4 Å². The zero-order valence-electron chi connectivity index (χ0n) is 13.6. The van der Waals surface area contributed by atoms with Gasteiger partial charge in [0.25, 0.3) is 5.91 Å². The summed E-state index contributed by atoms with van der Waals surface area (Å²) in [6.45, 7) is 3.98. The second-order valence-electron chi connectivity index (χ2n) is 6.01. The summed E-state index contributed by atoms with van der Waals surface area (Å²) in [7, 11) is 1.61. The fraction of sp³-hybridized carbons (Fsp3) is 0.389. The number of rotatable bonds is 3. The Labute approximate surface area is 135 Å². The molecule has 0 unspecified atom stereocenters. The molecule has 1 N–H and O–H groups in total. The van der Waals surface area contributed by atoms with Crippen LogP contribution in [0.15, 0.2) is 34.7 Å². The third-order valence-corrected chi connectivity index (χ3v) is 4.25. The first-order valence-electron chi connectivity index (χ1n) is 7.69.